The van der Waals surface area contributed by atoms with Crippen LogP contribution in [0.1, 0.15) is 11.3 Å². The van der Waals surface area contributed by atoms with E-state index in [1.54, 1.807) is 12.1 Å². The molecule has 0 spiro atoms. The Kier molecular flexibility index (Phi) is 5.50. The monoisotopic (exact) mass is 371 g/mol. The van der Waals surface area contributed by atoms with Gasteiger partial charge >= 0.3 is 0 Å². The molecule has 0 unspecified atom stereocenters. The Labute approximate surface area is 159 Å². The molecule has 2 aromatic rings. The number of halogens is 1. The van der Waals surface area contributed by atoms with Crippen LogP contribution in [0.4, 0.5) is 16.2 Å². The van der Waals surface area contributed by atoms with Crippen molar-refractivity contribution in [2.24, 2.45) is 0 Å². The zero-order chi connectivity index (χ0) is 18.6. The molecule has 27 heavy (non-hydrogen) atoms. The fraction of sp³-hybridized carbons (Fsp3) is 0.500. The van der Waals surface area contributed by atoms with Gasteiger partial charge in [0, 0.05) is 57.6 Å². The number of aryl methyl sites for hydroxylation is 1. The summed E-state index contributed by atoms with van der Waals surface area (Å²) in [5.41, 5.74) is 2.01. The van der Waals surface area contributed by atoms with Crippen molar-refractivity contribution in [1.82, 2.24) is 14.9 Å². The van der Waals surface area contributed by atoms with Crippen LogP contribution in [-0.4, -0.2) is 67.4 Å². The maximum atomic E-state index is 13.4. The van der Waals surface area contributed by atoms with Crippen LogP contribution >= 0.6 is 0 Å². The first-order chi connectivity index (χ1) is 13.2. The molecule has 1 aromatic heterocycles. The third-order valence-electron chi connectivity index (χ3n) is 5.11. The minimum atomic E-state index is -0.171. The molecule has 0 N–H and O–H groups in total. The average molecular weight is 371 g/mol. The second-order valence-corrected chi connectivity index (χ2v) is 7.16. The second-order valence-electron chi connectivity index (χ2n) is 7.16. The Morgan fingerprint density at radius 1 is 0.963 bits per heavy atom. The molecule has 1 aromatic carbocycles. The van der Waals surface area contributed by atoms with E-state index in [9.17, 15) is 4.39 Å². The number of piperazine rings is 1. The molecule has 3 heterocycles. The number of aromatic nitrogens is 2. The van der Waals surface area contributed by atoms with Crippen LogP contribution in [0.3, 0.4) is 0 Å². The molecule has 0 aliphatic carbocycles. The lowest BCUT2D eigenvalue weighted by Crippen LogP contribution is -2.46. The predicted octanol–water partition coefficient (Wildman–Crippen LogP) is 2.08. The first-order valence-electron chi connectivity index (χ1n) is 9.57. The van der Waals surface area contributed by atoms with E-state index >= 15 is 0 Å². The van der Waals surface area contributed by atoms with Crippen molar-refractivity contribution < 1.29 is 9.13 Å². The SMILES string of the molecule is Cc1cc(N2CCOCC2)nc(N2CCN(Cc3cccc(F)c3)CC2)n1. The molecular formula is C20H26FN5O. The van der Waals surface area contributed by atoms with Crippen LogP contribution in [0.5, 0.6) is 0 Å². The molecule has 7 heteroatoms. The number of anilines is 2. The molecule has 0 saturated carbocycles. The summed E-state index contributed by atoms with van der Waals surface area (Å²) in [4.78, 5) is 16.3. The van der Waals surface area contributed by atoms with E-state index in [2.05, 4.69) is 25.8 Å². The lowest BCUT2D eigenvalue weighted by Gasteiger charge is -2.35. The van der Waals surface area contributed by atoms with Gasteiger partial charge in [-0.3, -0.25) is 4.90 Å². The molecule has 2 fully saturated rings. The predicted molar refractivity (Wildman–Crippen MR) is 104 cm³/mol. The number of nitrogens with zero attached hydrogens (tertiary/aromatic N) is 5. The van der Waals surface area contributed by atoms with Gasteiger partial charge in [-0.1, -0.05) is 12.1 Å². The molecule has 0 amide bonds. The molecule has 0 atom stereocenters. The molecule has 0 bridgehead atoms. The number of ether oxygens (including phenoxy) is 1. The van der Waals surface area contributed by atoms with Crippen molar-refractivity contribution in [3.05, 3.63) is 47.4 Å². The van der Waals surface area contributed by atoms with E-state index in [1.807, 2.05) is 13.0 Å². The Hall–Kier alpha value is -2.25. The number of hydrogen-bond donors (Lipinski definition) is 0. The fourth-order valence-electron chi connectivity index (χ4n) is 3.63. The summed E-state index contributed by atoms with van der Waals surface area (Å²) in [5.74, 6) is 1.62. The maximum Gasteiger partial charge on any atom is 0.227 e. The molecular weight excluding hydrogens is 345 g/mol. The van der Waals surface area contributed by atoms with E-state index < -0.39 is 0 Å². The van der Waals surface area contributed by atoms with E-state index in [-0.39, 0.29) is 5.82 Å². The quantitative estimate of drug-likeness (QED) is 0.820. The summed E-state index contributed by atoms with van der Waals surface area (Å²) in [6.07, 6.45) is 0. The van der Waals surface area contributed by atoms with Gasteiger partial charge < -0.3 is 14.5 Å². The van der Waals surface area contributed by atoms with Crippen LogP contribution in [0, 0.1) is 12.7 Å². The minimum absolute atomic E-state index is 0.171. The molecule has 2 aliphatic rings. The highest BCUT2D eigenvalue weighted by molar-refractivity contribution is 5.46. The van der Waals surface area contributed by atoms with Crippen LogP contribution in [0.2, 0.25) is 0 Å². The zero-order valence-corrected chi connectivity index (χ0v) is 15.8. The summed E-state index contributed by atoms with van der Waals surface area (Å²) in [7, 11) is 0. The summed E-state index contributed by atoms with van der Waals surface area (Å²) in [6, 6.07) is 8.91. The van der Waals surface area contributed by atoms with Crippen molar-refractivity contribution in [2.75, 3.05) is 62.3 Å². The highest BCUT2D eigenvalue weighted by atomic mass is 19.1. The zero-order valence-electron chi connectivity index (χ0n) is 15.8. The van der Waals surface area contributed by atoms with E-state index in [1.165, 1.54) is 6.07 Å². The van der Waals surface area contributed by atoms with Gasteiger partial charge in [0.1, 0.15) is 11.6 Å². The van der Waals surface area contributed by atoms with E-state index in [0.29, 0.717) is 0 Å². The molecule has 2 aliphatic heterocycles. The van der Waals surface area contributed by atoms with Crippen LogP contribution < -0.4 is 9.80 Å². The summed E-state index contributed by atoms with van der Waals surface area (Å²) >= 11 is 0. The number of benzene rings is 1. The molecule has 0 radical (unpaired) electrons. The smallest absolute Gasteiger partial charge is 0.227 e. The summed E-state index contributed by atoms with van der Waals surface area (Å²) in [5, 5.41) is 0. The average Bonchev–Trinajstić information content (AvgIpc) is 2.69. The number of rotatable bonds is 4. The van der Waals surface area contributed by atoms with Gasteiger partial charge in [0.2, 0.25) is 5.95 Å². The van der Waals surface area contributed by atoms with Gasteiger partial charge in [0.15, 0.2) is 0 Å². The highest BCUT2D eigenvalue weighted by Gasteiger charge is 2.21. The molecule has 144 valence electrons. The van der Waals surface area contributed by atoms with Crippen molar-refractivity contribution in [3.8, 4) is 0 Å². The Morgan fingerprint density at radius 3 is 2.48 bits per heavy atom. The second kappa shape index (κ2) is 8.19. The molecule has 6 nitrogen and oxygen atoms in total. The molecule has 2 saturated heterocycles. The van der Waals surface area contributed by atoms with Gasteiger partial charge in [-0.15, -0.1) is 0 Å². The minimum Gasteiger partial charge on any atom is -0.378 e. The Balaban J connectivity index is 1.39. The van der Waals surface area contributed by atoms with Crippen molar-refractivity contribution in [2.45, 2.75) is 13.5 Å². The van der Waals surface area contributed by atoms with Crippen molar-refractivity contribution >= 4 is 11.8 Å². The van der Waals surface area contributed by atoms with Crippen LogP contribution in [0.25, 0.3) is 0 Å². The lowest BCUT2D eigenvalue weighted by atomic mass is 10.2. The third-order valence-corrected chi connectivity index (χ3v) is 5.11. The largest absolute Gasteiger partial charge is 0.378 e. The van der Waals surface area contributed by atoms with Gasteiger partial charge in [0.05, 0.1) is 13.2 Å². The fourth-order valence-corrected chi connectivity index (χ4v) is 3.63. The number of hydrogen-bond acceptors (Lipinski definition) is 6. The first kappa shape index (κ1) is 18.1. The van der Waals surface area contributed by atoms with Crippen LogP contribution in [0.15, 0.2) is 30.3 Å². The maximum absolute atomic E-state index is 13.4. The number of morpholine rings is 1. The summed E-state index contributed by atoms with van der Waals surface area (Å²) in [6.45, 7) is 9.63. The lowest BCUT2D eigenvalue weighted by molar-refractivity contribution is 0.122. The van der Waals surface area contributed by atoms with Crippen molar-refractivity contribution in [1.29, 1.82) is 0 Å². The van der Waals surface area contributed by atoms with Gasteiger partial charge in [0.25, 0.3) is 0 Å². The molecule has 4 rings (SSSR count). The van der Waals surface area contributed by atoms with Crippen molar-refractivity contribution in [3.63, 3.8) is 0 Å². The van der Waals surface area contributed by atoms with Gasteiger partial charge in [-0.2, -0.15) is 4.98 Å². The normalized spacial score (nSPS) is 18.7. The van der Waals surface area contributed by atoms with Gasteiger partial charge in [-0.25, -0.2) is 9.37 Å². The van der Waals surface area contributed by atoms with Crippen LogP contribution in [-0.2, 0) is 11.3 Å². The Morgan fingerprint density at radius 2 is 1.74 bits per heavy atom. The first-order valence-corrected chi connectivity index (χ1v) is 9.57. The van der Waals surface area contributed by atoms with Gasteiger partial charge in [-0.05, 0) is 24.6 Å². The van der Waals surface area contributed by atoms with E-state index in [0.717, 1.165) is 82.1 Å². The Bertz CT molecular complexity index is 773. The summed E-state index contributed by atoms with van der Waals surface area (Å²) < 4.78 is 18.8. The topological polar surface area (TPSA) is 44.7 Å². The highest BCUT2D eigenvalue weighted by Crippen LogP contribution is 2.20. The standard InChI is InChI=1S/C20H26FN5O/c1-16-13-19(25-9-11-27-12-10-25)23-20(22-16)26-7-5-24(6-8-26)15-17-3-2-4-18(21)14-17/h2-4,13-14H,5-12,15H2,1H3. The third kappa shape index (κ3) is 4.54. The van der Waals surface area contributed by atoms with E-state index in [4.69, 9.17) is 9.72 Å².